The van der Waals surface area contributed by atoms with Crippen molar-refractivity contribution in [1.82, 2.24) is 5.32 Å². The number of hydrogen-bond donors (Lipinski definition) is 3. The third-order valence-corrected chi connectivity index (χ3v) is 2.68. The zero-order chi connectivity index (χ0) is 15.0. The summed E-state index contributed by atoms with van der Waals surface area (Å²) in [4.78, 5) is 10.8. The summed E-state index contributed by atoms with van der Waals surface area (Å²) in [7, 11) is 0. The number of ether oxygens (including phenoxy) is 1. The molecule has 5 heteroatoms. The Morgan fingerprint density at radius 3 is 2.50 bits per heavy atom. The van der Waals surface area contributed by atoms with Crippen molar-refractivity contribution in [1.29, 1.82) is 0 Å². The molecule has 0 unspecified atom stereocenters. The number of carbonyl (C=O) groups is 1. The topological polar surface area (TPSA) is 84.6 Å². The summed E-state index contributed by atoms with van der Waals surface area (Å²) in [6.45, 7) is 5.85. The predicted octanol–water partition coefficient (Wildman–Crippen LogP) is 0.700. The molecule has 0 heterocycles. The molecule has 5 nitrogen and oxygen atoms in total. The smallest absolute Gasteiger partial charge is 0.221 e. The Bertz CT molecular complexity index is 404. The van der Waals surface area contributed by atoms with E-state index in [-0.39, 0.29) is 18.9 Å². The normalized spacial score (nSPS) is 12.4. The second kappa shape index (κ2) is 8.55. The van der Waals surface area contributed by atoms with Gasteiger partial charge in [-0.1, -0.05) is 26.0 Å². The molecule has 0 spiro atoms. The van der Waals surface area contributed by atoms with Crippen LogP contribution in [0.1, 0.15) is 19.4 Å². The van der Waals surface area contributed by atoms with Crippen molar-refractivity contribution in [3.63, 3.8) is 0 Å². The van der Waals surface area contributed by atoms with Crippen LogP contribution >= 0.6 is 0 Å². The Labute approximate surface area is 120 Å². The summed E-state index contributed by atoms with van der Waals surface area (Å²) in [6.07, 6.45) is -0.318. The van der Waals surface area contributed by atoms with Gasteiger partial charge in [-0.05, 0) is 30.2 Å². The van der Waals surface area contributed by atoms with Crippen LogP contribution in [0.4, 0.5) is 0 Å². The highest BCUT2D eigenvalue weighted by Gasteiger charge is 2.06. The second-order valence-corrected chi connectivity index (χ2v) is 5.30. The lowest BCUT2D eigenvalue weighted by Crippen LogP contribution is -2.33. The van der Waals surface area contributed by atoms with Gasteiger partial charge in [0, 0.05) is 6.54 Å². The highest BCUT2D eigenvalue weighted by atomic mass is 16.5. The fraction of sp³-hybridized carbons (Fsp3) is 0.533. The van der Waals surface area contributed by atoms with Gasteiger partial charge in [-0.15, -0.1) is 0 Å². The molecule has 0 bridgehead atoms. The summed E-state index contributed by atoms with van der Waals surface area (Å²) in [5.74, 6) is 0.868. The molecule has 0 aliphatic carbocycles. The van der Waals surface area contributed by atoms with E-state index in [1.165, 1.54) is 0 Å². The van der Waals surface area contributed by atoms with Crippen LogP contribution < -0.4 is 15.8 Å². The number of amides is 1. The molecule has 1 rings (SSSR count). The average Bonchev–Trinajstić information content (AvgIpc) is 2.37. The van der Waals surface area contributed by atoms with Gasteiger partial charge in [-0.3, -0.25) is 4.79 Å². The van der Waals surface area contributed by atoms with Crippen molar-refractivity contribution in [3.05, 3.63) is 29.8 Å². The highest BCUT2D eigenvalue weighted by Crippen LogP contribution is 2.12. The van der Waals surface area contributed by atoms with Gasteiger partial charge in [0.25, 0.3) is 0 Å². The van der Waals surface area contributed by atoms with Crippen LogP contribution in [0, 0.1) is 5.92 Å². The molecule has 0 saturated heterocycles. The quantitative estimate of drug-likeness (QED) is 0.621. The summed E-state index contributed by atoms with van der Waals surface area (Å²) in [5, 5.41) is 12.9. The summed E-state index contributed by atoms with van der Waals surface area (Å²) < 4.78 is 5.48. The maximum absolute atomic E-state index is 10.8. The molecule has 112 valence electrons. The van der Waals surface area contributed by atoms with Crippen LogP contribution in [-0.4, -0.2) is 36.8 Å². The summed E-state index contributed by atoms with van der Waals surface area (Å²) in [5.41, 5.74) is 5.97. The van der Waals surface area contributed by atoms with Crippen LogP contribution in [0.5, 0.6) is 5.75 Å². The number of carbonyl (C=O) groups excluding carboxylic acids is 1. The van der Waals surface area contributed by atoms with Gasteiger partial charge >= 0.3 is 0 Å². The molecule has 0 aromatic heterocycles. The minimum absolute atomic E-state index is 0.224. The number of primary amides is 1. The zero-order valence-electron chi connectivity index (χ0n) is 12.1. The zero-order valence-corrected chi connectivity index (χ0v) is 12.1. The number of aliphatic hydroxyl groups excluding tert-OH is 1. The van der Waals surface area contributed by atoms with E-state index in [0.717, 1.165) is 12.1 Å². The number of benzene rings is 1. The summed E-state index contributed by atoms with van der Waals surface area (Å²) in [6, 6.07) is 7.13. The lowest BCUT2D eigenvalue weighted by molar-refractivity contribution is -0.117. The Morgan fingerprint density at radius 2 is 1.95 bits per heavy atom. The van der Waals surface area contributed by atoms with E-state index in [1.807, 2.05) is 0 Å². The monoisotopic (exact) mass is 280 g/mol. The van der Waals surface area contributed by atoms with E-state index in [0.29, 0.717) is 18.2 Å². The van der Waals surface area contributed by atoms with Crippen molar-refractivity contribution >= 4 is 5.91 Å². The van der Waals surface area contributed by atoms with Crippen LogP contribution in [0.25, 0.3) is 0 Å². The minimum Gasteiger partial charge on any atom is -0.491 e. The van der Waals surface area contributed by atoms with E-state index < -0.39 is 6.10 Å². The molecule has 1 aromatic carbocycles. The minimum atomic E-state index is -0.543. The van der Waals surface area contributed by atoms with Gasteiger partial charge in [0.15, 0.2) is 0 Å². The third-order valence-electron chi connectivity index (χ3n) is 2.68. The molecule has 1 amide bonds. The molecule has 20 heavy (non-hydrogen) atoms. The van der Waals surface area contributed by atoms with E-state index in [1.54, 1.807) is 24.3 Å². The third kappa shape index (κ3) is 7.11. The van der Waals surface area contributed by atoms with Gasteiger partial charge in [0.1, 0.15) is 18.5 Å². The van der Waals surface area contributed by atoms with Crippen LogP contribution in [0.15, 0.2) is 24.3 Å². The molecule has 1 aromatic rings. The van der Waals surface area contributed by atoms with Gasteiger partial charge < -0.3 is 20.9 Å². The SMILES string of the molecule is CC(C)CNC[C@H](O)COc1ccc(CC(N)=O)cc1. The first-order chi connectivity index (χ1) is 9.47. The fourth-order valence-corrected chi connectivity index (χ4v) is 1.69. The van der Waals surface area contributed by atoms with Gasteiger partial charge in [0.05, 0.1) is 6.42 Å². The van der Waals surface area contributed by atoms with Crippen molar-refractivity contribution in [2.45, 2.75) is 26.4 Å². The maximum Gasteiger partial charge on any atom is 0.221 e. The van der Waals surface area contributed by atoms with Crippen molar-refractivity contribution in [2.75, 3.05) is 19.7 Å². The summed E-state index contributed by atoms with van der Waals surface area (Å²) >= 11 is 0. The number of nitrogens with two attached hydrogens (primary N) is 1. The first-order valence-corrected chi connectivity index (χ1v) is 6.86. The number of rotatable bonds is 9. The molecule has 0 saturated carbocycles. The van der Waals surface area contributed by atoms with Crippen LogP contribution in [-0.2, 0) is 11.2 Å². The molecular formula is C15H24N2O3. The predicted molar refractivity (Wildman–Crippen MR) is 78.5 cm³/mol. The first-order valence-electron chi connectivity index (χ1n) is 6.86. The molecule has 4 N–H and O–H groups in total. The molecule has 1 atom stereocenters. The lowest BCUT2D eigenvalue weighted by atomic mass is 10.1. The highest BCUT2D eigenvalue weighted by molar-refractivity contribution is 5.76. The first kappa shape index (κ1) is 16.5. The van der Waals surface area contributed by atoms with E-state index in [4.69, 9.17) is 10.5 Å². The number of aliphatic hydroxyl groups is 1. The lowest BCUT2D eigenvalue weighted by Gasteiger charge is -2.14. The Hall–Kier alpha value is -1.59. The Kier molecular flexibility index (Phi) is 7.04. The van der Waals surface area contributed by atoms with Crippen molar-refractivity contribution < 1.29 is 14.6 Å². The van der Waals surface area contributed by atoms with E-state index >= 15 is 0 Å². The van der Waals surface area contributed by atoms with E-state index in [9.17, 15) is 9.90 Å². The average molecular weight is 280 g/mol. The van der Waals surface area contributed by atoms with Crippen molar-refractivity contribution in [3.8, 4) is 5.75 Å². The van der Waals surface area contributed by atoms with Crippen molar-refractivity contribution in [2.24, 2.45) is 11.7 Å². The number of nitrogens with one attached hydrogen (secondary N) is 1. The molecule has 0 fully saturated rings. The Morgan fingerprint density at radius 1 is 1.30 bits per heavy atom. The largest absolute Gasteiger partial charge is 0.491 e. The van der Waals surface area contributed by atoms with Crippen LogP contribution in [0.3, 0.4) is 0 Å². The van der Waals surface area contributed by atoms with Gasteiger partial charge in [-0.25, -0.2) is 0 Å². The van der Waals surface area contributed by atoms with Gasteiger partial charge in [-0.2, -0.15) is 0 Å². The molecule has 0 aliphatic heterocycles. The van der Waals surface area contributed by atoms with Gasteiger partial charge in [0.2, 0.25) is 5.91 Å². The second-order valence-electron chi connectivity index (χ2n) is 5.30. The molecular weight excluding hydrogens is 256 g/mol. The number of hydrogen-bond acceptors (Lipinski definition) is 4. The molecule has 0 aliphatic rings. The van der Waals surface area contributed by atoms with Crippen LogP contribution in [0.2, 0.25) is 0 Å². The standard InChI is InChI=1S/C15H24N2O3/c1-11(2)8-17-9-13(18)10-20-14-5-3-12(4-6-14)7-15(16)19/h3-6,11,13,17-18H,7-10H2,1-2H3,(H2,16,19)/t13-/m0/s1. The maximum atomic E-state index is 10.8. The fourth-order valence-electron chi connectivity index (χ4n) is 1.69. The Balaban J connectivity index is 2.28. The molecule has 0 radical (unpaired) electrons. The van der Waals surface area contributed by atoms with E-state index in [2.05, 4.69) is 19.2 Å².